The molecule has 0 aromatic rings. The molecule has 2 heterocycles. The smallest absolute Gasteiger partial charge is 0.0237 e. The van der Waals surface area contributed by atoms with Gasteiger partial charge in [0.25, 0.3) is 0 Å². The highest BCUT2D eigenvalue weighted by molar-refractivity contribution is 7.64. The summed E-state index contributed by atoms with van der Waals surface area (Å²) in [6, 6.07) is 0. The fourth-order valence-electron chi connectivity index (χ4n) is 2.63. The van der Waals surface area contributed by atoms with Crippen molar-refractivity contribution in [3.8, 4) is 0 Å². The lowest BCUT2D eigenvalue weighted by Gasteiger charge is -2.19. The molecule has 0 aromatic carbocycles. The molecule has 2 heteroatoms. The van der Waals surface area contributed by atoms with Gasteiger partial charge in [-0.05, 0) is 56.0 Å². The van der Waals surface area contributed by atoms with Gasteiger partial charge < -0.3 is 0 Å². The second-order valence-corrected chi connectivity index (χ2v) is 10.2. The van der Waals surface area contributed by atoms with Gasteiger partial charge in [0.1, 0.15) is 0 Å². The van der Waals surface area contributed by atoms with Crippen molar-refractivity contribution in [1.29, 1.82) is 0 Å². The Balaban J connectivity index is 1.73. The normalized spacial score (nSPS) is 38.1. The molecule has 0 aromatic heterocycles. The Bertz CT molecular complexity index is 212. The van der Waals surface area contributed by atoms with Crippen LogP contribution in [0.2, 0.25) is 0 Å². The van der Waals surface area contributed by atoms with E-state index in [4.69, 9.17) is 0 Å². The minimum atomic E-state index is 0.280. The zero-order valence-electron chi connectivity index (χ0n) is 9.34. The molecule has 0 spiro atoms. The van der Waals surface area contributed by atoms with Crippen molar-refractivity contribution >= 4 is 15.8 Å². The summed E-state index contributed by atoms with van der Waals surface area (Å²) < 4.78 is 0. The number of hydrogen-bond donors (Lipinski definition) is 0. The van der Waals surface area contributed by atoms with Crippen molar-refractivity contribution in [3.05, 3.63) is 11.9 Å². The molecule has 2 rings (SSSR count). The Kier molecular flexibility index (Phi) is 4.03. The van der Waals surface area contributed by atoms with Crippen LogP contribution < -0.4 is 0 Å². The summed E-state index contributed by atoms with van der Waals surface area (Å²) in [5.74, 6) is 0. The fraction of sp³-hybridized carbons (Fsp3) is 0.833. The van der Waals surface area contributed by atoms with Gasteiger partial charge >= 0.3 is 0 Å². The maximum absolute atomic E-state index is 4.24. The summed E-state index contributed by atoms with van der Waals surface area (Å²) >= 11 is 0. The van der Waals surface area contributed by atoms with Crippen LogP contribution >= 0.6 is 15.8 Å². The summed E-state index contributed by atoms with van der Waals surface area (Å²) in [5, 5.41) is 1.63. The molecule has 0 radical (unpaired) electrons. The van der Waals surface area contributed by atoms with E-state index in [-0.39, 0.29) is 7.92 Å². The summed E-state index contributed by atoms with van der Waals surface area (Å²) in [4.78, 5) is 0. The van der Waals surface area contributed by atoms with E-state index >= 15 is 0 Å². The van der Waals surface area contributed by atoms with Gasteiger partial charge in [0.2, 0.25) is 0 Å². The molecule has 3 atom stereocenters. The van der Waals surface area contributed by atoms with E-state index in [1.54, 1.807) is 17.6 Å². The molecule has 0 N–H and O–H groups in total. The van der Waals surface area contributed by atoms with Crippen LogP contribution in [0.3, 0.4) is 0 Å². The Hall–Kier alpha value is 0.600. The van der Waals surface area contributed by atoms with Crippen molar-refractivity contribution in [1.82, 2.24) is 0 Å². The molecular weight excluding hydrogens is 206 g/mol. The molecule has 2 aliphatic heterocycles. The van der Waals surface area contributed by atoms with Crippen LogP contribution in [-0.2, 0) is 0 Å². The van der Waals surface area contributed by atoms with Crippen LogP contribution in [0.4, 0.5) is 0 Å². The van der Waals surface area contributed by atoms with Crippen LogP contribution in [0.15, 0.2) is 11.9 Å². The molecule has 2 unspecified atom stereocenters. The van der Waals surface area contributed by atoms with Crippen LogP contribution in [0.1, 0.15) is 32.6 Å². The maximum atomic E-state index is 4.24. The first-order valence-corrected chi connectivity index (χ1v) is 9.43. The lowest BCUT2D eigenvalue weighted by atomic mass is 10.3. The van der Waals surface area contributed by atoms with Crippen molar-refractivity contribution in [3.63, 3.8) is 0 Å². The molecule has 14 heavy (non-hydrogen) atoms. The predicted octanol–water partition coefficient (Wildman–Crippen LogP) is 4.44. The molecule has 2 aliphatic rings. The quantitative estimate of drug-likeness (QED) is 0.626. The van der Waals surface area contributed by atoms with E-state index in [9.17, 15) is 0 Å². The van der Waals surface area contributed by atoms with Crippen molar-refractivity contribution < 1.29 is 0 Å². The minimum Gasteiger partial charge on any atom is -0.103 e. The molecule has 2 fully saturated rings. The highest BCUT2D eigenvalue weighted by atomic mass is 31.1. The monoisotopic (exact) mass is 228 g/mol. The van der Waals surface area contributed by atoms with E-state index in [2.05, 4.69) is 13.5 Å². The summed E-state index contributed by atoms with van der Waals surface area (Å²) in [6.07, 6.45) is 12.0. The average molecular weight is 228 g/mol. The Labute approximate surface area is 91.1 Å². The summed E-state index contributed by atoms with van der Waals surface area (Å²) in [5.41, 5.74) is 1.08. The third kappa shape index (κ3) is 2.59. The molecule has 0 amide bonds. The lowest BCUT2D eigenvalue weighted by Crippen LogP contribution is -1.99. The van der Waals surface area contributed by atoms with Gasteiger partial charge in [0.15, 0.2) is 0 Å². The third-order valence-electron chi connectivity index (χ3n) is 3.69. The molecular formula is C12H22P2. The van der Waals surface area contributed by atoms with Gasteiger partial charge in [0, 0.05) is 0 Å². The van der Waals surface area contributed by atoms with E-state index in [1.807, 2.05) is 0 Å². The van der Waals surface area contributed by atoms with Gasteiger partial charge in [-0.1, -0.05) is 26.7 Å². The second kappa shape index (κ2) is 5.09. The molecule has 0 nitrogen and oxygen atoms in total. The van der Waals surface area contributed by atoms with Crippen LogP contribution in [-0.4, -0.2) is 30.3 Å². The van der Waals surface area contributed by atoms with E-state index in [0.29, 0.717) is 7.92 Å². The minimum absolute atomic E-state index is 0.280. The van der Waals surface area contributed by atoms with Crippen LogP contribution in [0.5, 0.6) is 0 Å². The third-order valence-corrected chi connectivity index (χ3v) is 9.97. The summed E-state index contributed by atoms with van der Waals surface area (Å²) in [7, 11) is 0.714. The van der Waals surface area contributed by atoms with Crippen LogP contribution in [0.25, 0.3) is 0 Å². The molecule has 80 valence electrons. The first-order valence-electron chi connectivity index (χ1n) is 5.94. The maximum Gasteiger partial charge on any atom is -0.0237 e. The summed E-state index contributed by atoms with van der Waals surface area (Å²) in [6.45, 7) is 6.72. The molecule has 2 saturated heterocycles. The SMILES string of the molecule is C=C1CCCP1CCP1CCC[C@@H]1C. The van der Waals surface area contributed by atoms with Gasteiger partial charge in [-0.3, -0.25) is 0 Å². The van der Waals surface area contributed by atoms with Gasteiger partial charge in [0.05, 0.1) is 0 Å². The van der Waals surface area contributed by atoms with E-state index in [0.717, 1.165) is 5.66 Å². The zero-order valence-corrected chi connectivity index (χ0v) is 11.1. The van der Waals surface area contributed by atoms with Crippen molar-refractivity contribution in [2.24, 2.45) is 0 Å². The molecule has 0 aliphatic carbocycles. The Morgan fingerprint density at radius 2 is 2.14 bits per heavy atom. The molecule has 0 saturated carbocycles. The second-order valence-electron chi connectivity index (χ2n) is 4.68. The van der Waals surface area contributed by atoms with Crippen molar-refractivity contribution in [2.45, 2.75) is 38.3 Å². The topological polar surface area (TPSA) is 0 Å². The highest BCUT2D eigenvalue weighted by Crippen LogP contribution is 2.57. The van der Waals surface area contributed by atoms with E-state index < -0.39 is 0 Å². The zero-order chi connectivity index (χ0) is 9.97. The Morgan fingerprint density at radius 3 is 2.71 bits per heavy atom. The highest BCUT2D eigenvalue weighted by Gasteiger charge is 2.25. The average Bonchev–Trinajstić information content (AvgIpc) is 2.72. The molecule has 0 bridgehead atoms. The van der Waals surface area contributed by atoms with E-state index in [1.165, 1.54) is 38.0 Å². The number of hydrogen-bond acceptors (Lipinski definition) is 0. The van der Waals surface area contributed by atoms with Gasteiger partial charge in [-0.15, -0.1) is 7.92 Å². The largest absolute Gasteiger partial charge is 0.103 e. The fourth-order valence-corrected chi connectivity index (χ4v) is 8.74. The lowest BCUT2D eigenvalue weighted by molar-refractivity contribution is 0.835. The first kappa shape index (κ1) is 11.1. The first-order chi connectivity index (χ1) is 6.77. The van der Waals surface area contributed by atoms with Gasteiger partial charge in [-0.25, -0.2) is 0 Å². The Morgan fingerprint density at radius 1 is 1.29 bits per heavy atom. The van der Waals surface area contributed by atoms with Crippen LogP contribution in [0, 0.1) is 0 Å². The van der Waals surface area contributed by atoms with Gasteiger partial charge in [-0.2, -0.15) is 0 Å². The number of rotatable bonds is 3. The predicted molar refractivity (Wildman–Crippen MR) is 70.4 cm³/mol. The standard InChI is InChI=1S/C12H22P2/c1-11-5-3-7-13(11)9-10-14-8-4-6-12(14)2/h12H,1,3-10H2,2H3/t12-,13?,14?/m0/s1. The van der Waals surface area contributed by atoms with Crippen molar-refractivity contribution in [2.75, 3.05) is 24.6 Å². The number of allylic oxidation sites excluding steroid dienone is 1.